The molecule has 0 aromatic rings. The molecule has 0 rings (SSSR count). The molecule has 5 nitrogen and oxygen atoms in total. The number of carbonyl (C=O) groups excluding carboxylic acids is 2. The Morgan fingerprint density at radius 1 is 0.344 bits per heavy atom. The van der Waals surface area contributed by atoms with Gasteiger partial charge in [-0.25, -0.2) is 0 Å². The van der Waals surface area contributed by atoms with Gasteiger partial charge in [0.2, 0.25) is 0 Å². The summed E-state index contributed by atoms with van der Waals surface area (Å²) in [6.45, 7) is 7.78. The third-order valence-electron chi connectivity index (χ3n) is 12.0. The van der Waals surface area contributed by atoms with Crippen molar-refractivity contribution < 1.29 is 23.8 Å². The molecule has 0 spiro atoms. The van der Waals surface area contributed by atoms with E-state index in [1.165, 1.54) is 167 Å². The quantitative estimate of drug-likeness (QED) is 0.0346. The molecule has 0 aromatic heterocycles. The fourth-order valence-corrected chi connectivity index (χ4v) is 7.80. The van der Waals surface area contributed by atoms with E-state index in [4.69, 9.17) is 14.2 Å². The van der Waals surface area contributed by atoms with Crippen LogP contribution in [0.15, 0.2) is 60.8 Å². The zero-order valence-corrected chi connectivity index (χ0v) is 42.8. The highest BCUT2D eigenvalue weighted by Gasteiger charge is 2.17. The molecule has 1 unspecified atom stereocenters. The minimum Gasteiger partial charge on any atom is -0.462 e. The van der Waals surface area contributed by atoms with E-state index >= 15 is 0 Å². The summed E-state index contributed by atoms with van der Waals surface area (Å²) >= 11 is 0. The monoisotopic (exact) mass is 895 g/mol. The fourth-order valence-electron chi connectivity index (χ4n) is 7.80. The molecule has 5 heteroatoms. The van der Waals surface area contributed by atoms with Crippen LogP contribution in [0.2, 0.25) is 0 Å². The van der Waals surface area contributed by atoms with Gasteiger partial charge in [-0.1, -0.05) is 216 Å². The molecule has 0 saturated heterocycles. The summed E-state index contributed by atoms with van der Waals surface area (Å²) in [6, 6.07) is 0. The zero-order chi connectivity index (χ0) is 46.3. The maximum atomic E-state index is 12.8. The molecule has 372 valence electrons. The van der Waals surface area contributed by atoms with Crippen LogP contribution in [0.25, 0.3) is 0 Å². The van der Waals surface area contributed by atoms with Crippen LogP contribution in [-0.2, 0) is 23.8 Å². The molecule has 0 aliphatic heterocycles. The van der Waals surface area contributed by atoms with Crippen LogP contribution in [0.3, 0.4) is 0 Å². The fraction of sp³-hybridized carbons (Fsp3) is 0.797. The summed E-state index contributed by atoms with van der Waals surface area (Å²) in [6.07, 6.45) is 69.4. The van der Waals surface area contributed by atoms with Crippen LogP contribution in [0.1, 0.15) is 278 Å². The first-order chi connectivity index (χ1) is 31.6. The van der Waals surface area contributed by atoms with Gasteiger partial charge in [-0.05, 0) is 109 Å². The molecule has 0 radical (unpaired) electrons. The van der Waals surface area contributed by atoms with Crippen LogP contribution in [0, 0.1) is 0 Å². The van der Waals surface area contributed by atoms with E-state index in [0.29, 0.717) is 19.4 Å². The number of ether oxygens (including phenoxy) is 3. The number of hydrogen-bond donors (Lipinski definition) is 0. The van der Waals surface area contributed by atoms with Crippen molar-refractivity contribution in [3.63, 3.8) is 0 Å². The third-order valence-corrected chi connectivity index (χ3v) is 12.0. The van der Waals surface area contributed by atoms with Gasteiger partial charge in [0.05, 0.1) is 6.61 Å². The van der Waals surface area contributed by atoms with Crippen molar-refractivity contribution in [3.05, 3.63) is 60.8 Å². The lowest BCUT2D eigenvalue weighted by Gasteiger charge is -2.18. The second-order valence-electron chi connectivity index (χ2n) is 18.5. The largest absolute Gasteiger partial charge is 0.462 e. The minimum absolute atomic E-state index is 0.0730. The standard InChI is InChI=1S/C59H106O5/c1-4-7-10-13-16-19-22-25-28-29-30-31-33-34-37-40-43-46-49-52-58(60)63-56-57(55-62-54-51-48-45-42-39-36-27-24-21-18-15-12-9-6-3)64-59(61)53-50-47-44-41-38-35-32-26-23-20-17-14-11-8-5-2/h16,19,21,24-26,28,30-32,57H,4-15,17-18,20,22-23,27,29,33-56H2,1-3H3/b19-16-,24-21-,28-25-,31-30-,32-26-. The van der Waals surface area contributed by atoms with Crippen LogP contribution < -0.4 is 0 Å². The van der Waals surface area contributed by atoms with E-state index in [0.717, 1.165) is 77.0 Å². The summed E-state index contributed by atoms with van der Waals surface area (Å²) in [7, 11) is 0. The first-order valence-corrected chi connectivity index (χ1v) is 27.8. The minimum atomic E-state index is -0.549. The molecular weight excluding hydrogens is 789 g/mol. The van der Waals surface area contributed by atoms with Gasteiger partial charge in [0.25, 0.3) is 0 Å². The lowest BCUT2D eigenvalue weighted by molar-refractivity contribution is -0.163. The highest BCUT2D eigenvalue weighted by molar-refractivity contribution is 5.70. The Labute approximate surface area is 398 Å². The molecule has 0 aromatic carbocycles. The predicted octanol–water partition coefficient (Wildman–Crippen LogP) is 18.9. The Balaban J connectivity index is 4.29. The number of esters is 2. The van der Waals surface area contributed by atoms with E-state index in [9.17, 15) is 9.59 Å². The number of carbonyl (C=O) groups is 2. The highest BCUT2D eigenvalue weighted by atomic mass is 16.6. The molecule has 1 atom stereocenters. The van der Waals surface area contributed by atoms with Crippen molar-refractivity contribution in [2.75, 3.05) is 19.8 Å². The Bertz CT molecular complexity index is 1100. The highest BCUT2D eigenvalue weighted by Crippen LogP contribution is 2.14. The van der Waals surface area contributed by atoms with Crippen LogP contribution in [0.4, 0.5) is 0 Å². The molecule has 64 heavy (non-hydrogen) atoms. The van der Waals surface area contributed by atoms with E-state index in [2.05, 4.69) is 81.5 Å². The van der Waals surface area contributed by atoms with Crippen molar-refractivity contribution >= 4 is 11.9 Å². The van der Waals surface area contributed by atoms with E-state index in [-0.39, 0.29) is 25.2 Å². The average molecular weight is 895 g/mol. The maximum Gasteiger partial charge on any atom is 0.306 e. The van der Waals surface area contributed by atoms with Crippen molar-refractivity contribution in [2.24, 2.45) is 0 Å². The third kappa shape index (κ3) is 52.2. The van der Waals surface area contributed by atoms with Gasteiger partial charge in [0.1, 0.15) is 6.61 Å². The van der Waals surface area contributed by atoms with Crippen molar-refractivity contribution in [1.29, 1.82) is 0 Å². The summed E-state index contributed by atoms with van der Waals surface area (Å²) < 4.78 is 17.4. The second-order valence-corrected chi connectivity index (χ2v) is 18.5. The van der Waals surface area contributed by atoms with Crippen LogP contribution >= 0.6 is 0 Å². The normalized spacial score (nSPS) is 12.6. The molecule has 0 amide bonds. The molecule has 0 saturated carbocycles. The van der Waals surface area contributed by atoms with E-state index < -0.39 is 6.10 Å². The molecule has 0 bridgehead atoms. The second kappa shape index (κ2) is 54.9. The zero-order valence-electron chi connectivity index (χ0n) is 42.8. The average Bonchev–Trinajstić information content (AvgIpc) is 3.30. The molecule has 0 fully saturated rings. The number of rotatable bonds is 51. The van der Waals surface area contributed by atoms with Gasteiger partial charge >= 0.3 is 11.9 Å². The SMILES string of the molecule is CCCCC/C=C\C/C=C\C/C=C\CCCCCCCCC(=O)OCC(COCCCCCCCC/C=C\CCCCCC)OC(=O)CCCCCCC/C=C\CCCCCCCC. The Morgan fingerprint density at radius 2 is 0.656 bits per heavy atom. The van der Waals surface area contributed by atoms with Gasteiger partial charge < -0.3 is 14.2 Å². The summed E-state index contributed by atoms with van der Waals surface area (Å²) in [4.78, 5) is 25.5. The van der Waals surface area contributed by atoms with Gasteiger partial charge in [0, 0.05) is 19.4 Å². The molecule has 0 aliphatic carbocycles. The molecule has 0 heterocycles. The summed E-state index contributed by atoms with van der Waals surface area (Å²) in [5, 5.41) is 0. The molecule has 0 aliphatic rings. The van der Waals surface area contributed by atoms with Crippen LogP contribution in [0.5, 0.6) is 0 Å². The van der Waals surface area contributed by atoms with Crippen LogP contribution in [-0.4, -0.2) is 37.9 Å². The lowest BCUT2D eigenvalue weighted by atomic mass is 10.1. The van der Waals surface area contributed by atoms with Gasteiger partial charge in [-0.3, -0.25) is 9.59 Å². The lowest BCUT2D eigenvalue weighted by Crippen LogP contribution is -2.30. The Kier molecular flexibility index (Phi) is 52.9. The van der Waals surface area contributed by atoms with Gasteiger partial charge in [-0.2, -0.15) is 0 Å². The topological polar surface area (TPSA) is 61.8 Å². The van der Waals surface area contributed by atoms with E-state index in [1.54, 1.807) is 0 Å². The van der Waals surface area contributed by atoms with Gasteiger partial charge in [-0.15, -0.1) is 0 Å². The predicted molar refractivity (Wildman–Crippen MR) is 279 cm³/mol. The van der Waals surface area contributed by atoms with Crippen molar-refractivity contribution in [1.82, 2.24) is 0 Å². The van der Waals surface area contributed by atoms with E-state index in [1.807, 2.05) is 0 Å². The number of hydrogen-bond acceptors (Lipinski definition) is 5. The van der Waals surface area contributed by atoms with Crippen molar-refractivity contribution in [3.8, 4) is 0 Å². The first-order valence-electron chi connectivity index (χ1n) is 27.8. The number of allylic oxidation sites excluding steroid dienone is 10. The molecular formula is C59H106O5. The smallest absolute Gasteiger partial charge is 0.306 e. The summed E-state index contributed by atoms with van der Waals surface area (Å²) in [5.74, 6) is -0.416. The maximum absolute atomic E-state index is 12.8. The Hall–Kier alpha value is -2.40. The summed E-state index contributed by atoms with van der Waals surface area (Å²) in [5.41, 5.74) is 0. The van der Waals surface area contributed by atoms with Gasteiger partial charge in [0.15, 0.2) is 6.10 Å². The molecule has 0 N–H and O–H groups in total. The number of unbranched alkanes of at least 4 members (excludes halogenated alkanes) is 30. The Morgan fingerprint density at radius 3 is 1.11 bits per heavy atom. The first kappa shape index (κ1) is 61.6. The van der Waals surface area contributed by atoms with Crippen molar-refractivity contribution in [2.45, 2.75) is 284 Å².